The van der Waals surface area contributed by atoms with Crippen molar-refractivity contribution in [3.05, 3.63) is 96.4 Å². The van der Waals surface area contributed by atoms with Gasteiger partial charge in [0, 0.05) is 12.1 Å². The normalized spacial score (nSPS) is 11.9. The van der Waals surface area contributed by atoms with Gasteiger partial charge in [0.15, 0.2) is 5.76 Å². The van der Waals surface area contributed by atoms with E-state index in [0.717, 1.165) is 18.5 Å². The van der Waals surface area contributed by atoms with Crippen molar-refractivity contribution in [2.75, 3.05) is 0 Å². The Morgan fingerprint density at radius 2 is 1.76 bits per heavy atom. The SMILES string of the molecule is CC(CCc1ccccc1)NC(=O)c1cc(-c2ccco2)nn1-c1ccccc1. The number of aryl methyl sites for hydroxylation is 1. The summed E-state index contributed by atoms with van der Waals surface area (Å²) in [5, 5.41) is 7.71. The molecule has 2 aromatic heterocycles. The van der Waals surface area contributed by atoms with Crippen molar-refractivity contribution >= 4 is 5.91 Å². The number of amides is 1. The molecular formula is C24H23N3O2. The smallest absolute Gasteiger partial charge is 0.270 e. The fourth-order valence-electron chi connectivity index (χ4n) is 3.25. The molecule has 0 aliphatic heterocycles. The van der Waals surface area contributed by atoms with Crippen LogP contribution >= 0.6 is 0 Å². The number of nitrogens with zero attached hydrogens (tertiary/aromatic N) is 2. The van der Waals surface area contributed by atoms with Crippen LogP contribution in [0.1, 0.15) is 29.4 Å². The number of carbonyl (C=O) groups is 1. The Morgan fingerprint density at radius 3 is 2.45 bits per heavy atom. The van der Waals surface area contributed by atoms with Crippen LogP contribution in [0, 0.1) is 0 Å². The molecule has 0 bridgehead atoms. The molecule has 0 aliphatic rings. The molecule has 29 heavy (non-hydrogen) atoms. The van der Waals surface area contributed by atoms with Crippen LogP contribution in [-0.4, -0.2) is 21.7 Å². The molecule has 1 atom stereocenters. The number of rotatable bonds is 7. The molecule has 0 saturated heterocycles. The summed E-state index contributed by atoms with van der Waals surface area (Å²) in [6, 6.07) is 25.4. The minimum Gasteiger partial charge on any atom is -0.463 e. The number of hydrogen-bond acceptors (Lipinski definition) is 3. The molecule has 5 nitrogen and oxygen atoms in total. The Bertz CT molecular complexity index is 1050. The van der Waals surface area contributed by atoms with Crippen molar-refractivity contribution in [2.45, 2.75) is 25.8 Å². The van der Waals surface area contributed by atoms with Gasteiger partial charge in [-0.2, -0.15) is 5.10 Å². The van der Waals surface area contributed by atoms with Gasteiger partial charge >= 0.3 is 0 Å². The molecule has 1 amide bonds. The van der Waals surface area contributed by atoms with Gasteiger partial charge in [0.05, 0.1) is 12.0 Å². The fourth-order valence-corrected chi connectivity index (χ4v) is 3.25. The highest BCUT2D eigenvalue weighted by Gasteiger charge is 2.20. The Hall–Kier alpha value is -3.60. The van der Waals surface area contributed by atoms with Crippen LogP contribution in [0.4, 0.5) is 0 Å². The second-order valence-corrected chi connectivity index (χ2v) is 7.04. The molecule has 4 rings (SSSR count). The van der Waals surface area contributed by atoms with E-state index in [-0.39, 0.29) is 11.9 Å². The van der Waals surface area contributed by atoms with E-state index < -0.39 is 0 Å². The second-order valence-electron chi connectivity index (χ2n) is 7.04. The van der Waals surface area contributed by atoms with Crippen molar-refractivity contribution in [2.24, 2.45) is 0 Å². The molecule has 0 fully saturated rings. The highest BCUT2D eigenvalue weighted by molar-refractivity contribution is 5.94. The van der Waals surface area contributed by atoms with Crippen LogP contribution in [0.25, 0.3) is 17.1 Å². The molecule has 0 aliphatic carbocycles. The maximum atomic E-state index is 13.0. The standard InChI is InChI=1S/C24H23N3O2/c1-18(14-15-19-9-4-2-5-10-19)25-24(28)22-17-21(23-13-8-16-29-23)26-27(22)20-11-6-3-7-12-20/h2-13,16-18H,14-15H2,1H3,(H,25,28). The van der Waals surface area contributed by atoms with Crippen molar-refractivity contribution < 1.29 is 9.21 Å². The monoisotopic (exact) mass is 385 g/mol. The van der Waals surface area contributed by atoms with Gasteiger partial charge in [-0.25, -0.2) is 4.68 Å². The summed E-state index contributed by atoms with van der Waals surface area (Å²) in [4.78, 5) is 13.0. The van der Waals surface area contributed by atoms with E-state index in [9.17, 15) is 4.79 Å². The van der Waals surface area contributed by atoms with Crippen LogP contribution in [0.3, 0.4) is 0 Å². The van der Waals surface area contributed by atoms with Gasteiger partial charge in [0.1, 0.15) is 11.4 Å². The van der Waals surface area contributed by atoms with E-state index in [1.807, 2.05) is 67.6 Å². The number of hydrogen-bond donors (Lipinski definition) is 1. The summed E-state index contributed by atoms with van der Waals surface area (Å²) in [5.74, 6) is 0.477. The fraction of sp³-hybridized carbons (Fsp3) is 0.167. The van der Waals surface area contributed by atoms with Gasteiger partial charge in [0.2, 0.25) is 0 Å². The third-order valence-corrected chi connectivity index (χ3v) is 4.80. The first-order valence-corrected chi connectivity index (χ1v) is 9.75. The van der Waals surface area contributed by atoms with Crippen molar-refractivity contribution in [1.82, 2.24) is 15.1 Å². The van der Waals surface area contributed by atoms with Gasteiger partial charge in [0.25, 0.3) is 5.91 Å². The van der Waals surface area contributed by atoms with Crippen LogP contribution in [-0.2, 0) is 6.42 Å². The Morgan fingerprint density at radius 1 is 1.03 bits per heavy atom. The van der Waals surface area contributed by atoms with Gasteiger partial charge in [-0.05, 0) is 49.6 Å². The van der Waals surface area contributed by atoms with E-state index >= 15 is 0 Å². The summed E-state index contributed by atoms with van der Waals surface area (Å²) in [7, 11) is 0. The van der Waals surface area contributed by atoms with Gasteiger partial charge in [-0.1, -0.05) is 48.5 Å². The first-order chi connectivity index (χ1) is 14.2. The molecule has 2 heterocycles. The molecule has 0 spiro atoms. The molecule has 1 N–H and O–H groups in total. The highest BCUT2D eigenvalue weighted by atomic mass is 16.3. The largest absolute Gasteiger partial charge is 0.463 e. The number of para-hydroxylation sites is 1. The zero-order valence-electron chi connectivity index (χ0n) is 16.3. The Kier molecular flexibility index (Phi) is 5.56. The van der Waals surface area contributed by atoms with Crippen molar-refractivity contribution in [3.63, 3.8) is 0 Å². The van der Waals surface area contributed by atoms with E-state index in [4.69, 9.17) is 4.42 Å². The molecular weight excluding hydrogens is 362 g/mol. The Labute approximate surface area is 170 Å². The maximum absolute atomic E-state index is 13.0. The number of carbonyl (C=O) groups excluding carboxylic acids is 1. The topological polar surface area (TPSA) is 60.1 Å². The van der Waals surface area contributed by atoms with Crippen molar-refractivity contribution in [1.29, 1.82) is 0 Å². The summed E-state index contributed by atoms with van der Waals surface area (Å²) in [5.41, 5.74) is 3.20. The lowest BCUT2D eigenvalue weighted by Gasteiger charge is -2.14. The lowest BCUT2D eigenvalue weighted by Crippen LogP contribution is -2.34. The highest BCUT2D eigenvalue weighted by Crippen LogP contribution is 2.22. The quantitative estimate of drug-likeness (QED) is 0.493. The van der Waals surface area contributed by atoms with Gasteiger partial charge in [-0.3, -0.25) is 4.79 Å². The molecule has 4 aromatic rings. The van der Waals surface area contributed by atoms with E-state index in [2.05, 4.69) is 22.5 Å². The third-order valence-electron chi connectivity index (χ3n) is 4.80. The summed E-state index contributed by atoms with van der Waals surface area (Å²) in [6.07, 6.45) is 3.38. The second kappa shape index (κ2) is 8.61. The maximum Gasteiger partial charge on any atom is 0.270 e. The number of furan rings is 1. The molecule has 1 unspecified atom stereocenters. The molecule has 0 radical (unpaired) electrons. The number of benzene rings is 2. The van der Waals surface area contributed by atoms with E-state index in [1.54, 1.807) is 17.0 Å². The Balaban J connectivity index is 1.53. The number of aromatic nitrogens is 2. The van der Waals surface area contributed by atoms with Crippen LogP contribution < -0.4 is 5.32 Å². The summed E-state index contributed by atoms with van der Waals surface area (Å²) in [6.45, 7) is 2.03. The molecule has 5 heteroatoms. The van der Waals surface area contributed by atoms with E-state index in [1.165, 1.54) is 5.56 Å². The molecule has 2 aromatic carbocycles. The first-order valence-electron chi connectivity index (χ1n) is 9.75. The van der Waals surface area contributed by atoms with Crippen LogP contribution in [0.5, 0.6) is 0 Å². The molecule has 146 valence electrons. The molecule has 0 saturated carbocycles. The van der Waals surface area contributed by atoms with Gasteiger partial charge < -0.3 is 9.73 Å². The summed E-state index contributed by atoms with van der Waals surface area (Å²) < 4.78 is 7.13. The first kappa shape index (κ1) is 18.7. The predicted molar refractivity (Wildman–Crippen MR) is 113 cm³/mol. The predicted octanol–water partition coefficient (Wildman–Crippen LogP) is 4.88. The lowest BCUT2D eigenvalue weighted by molar-refractivity contribution is 0.0930. The van der Waals surface area contributed by atoms with Gasteiger partial charge in [-0.15, -0.1) is 0 Å². The minimum atomic E-state index is -0.153. The minimum absolute atomic E-state index is 0.0360. The summed E-state index contributed by atoms with van der Waals surface area (Å²) >= 11 is 0. The van der Waals surface area contributed by atoms with Crippen LogP contribution in [0.15, 0.2) is 89.5 Å². The zero-order valence-corrected chi connectivity index (χ0v) is 16.3. The lowest BCUT2D eigenvalue weighted by atomic mass is 10.1. The van der Waals surface area contributed by atoms with E-state index in [0.29, 0.717) is 17.1 Å². The zero-order chi connectivity index (χ0) is 20.1. The average molecular weight is 385 g/mol. The van der Waals surface area contributed by atoms with Crippen LogP contribution in [0.2, 0.25) is 0 Å². The average Bonchev–Trinajstić information content (AvgIpc) is 3.43. The van der Waals surface area contributed by atoms with Crippen molar-refractivity contribution in [3.8, 4) is 17.1 Å². The third kappa shape index (κ3) is 4.46. The number of nitrogens with one attached hydrogen (secondary N) is 1.